The maximum Gasteiger partial charge on any atom is 0.257 e. The Bertz CT molecular complexity index is 915. The van der Waals surface area contributed by atoms with Crippen LogP contribution in [-0.2, 0) is 24.0 Å². The Kier molecular flexibility index (Phi) is 14.2. The molecular weight excluding hydrogens is 496 g/mol. The number of hydroxylamine groups is 1. The monoisotopic (exact) mass is 544 g/mol. The van der Waals surface area contributed by atoms with Crippen LogP contribution in [0.2, 0.25) is 0 Å². The second-order valence-electron chi connectivity index (χ2n) is 11.0. The van der Waals surface area contributed by atoms with Crippen molar-refractivity contribution in [3.05, 3.63) is 42.0 Å². The van der Waals surface area contributed by atoms with Gasteiger partial charge in [-0.3, -0.25) is 24.8 Å². The zero-order chi connectivity index (χ0) is 28.8. The number of amides is 3. The molecule has 1 heterocycles. The molecule has 0 saturated carbocycles. The third-order valence-electron chi connectivity index (χ3n) is 6.91. The largest absolute Gasteiger partial charge is 0.350 e. The van der Waals surface area contributed by atoms with Gasteiger partial charge in [-0.05, 0) is 50.0 Å². The highest BCUT2D eigenvalue weighted by molar-refractivity contribution is 5.89. The molecule has 1 aliphatic rings. The topological polar surface area (TPSA) is 123 Å². The van der Waals surface area contributed by atoms with Crippen molar-refractivity contribution < 1.29 is 24.0 Å². The number of nitrogens with zero attached hydrogens (tertiary/aromatic N) is 1. The Labute approximate surface area is 233 Å². The van der Waals surface area contributed by atoms with Gasteiger partial charge in [-0.15, -0.1) is 0 Å². The molecule has 39 heavy (non-hydrogen) atoms. The fourth-order valence-corrected chi connectivity index (χ4v) is 4.43. The van der Waals surface area contributed by atoms with E-state index >= 15 is 0 Å². The summed E-state index contributed by atoms with van der Waals surface area (Å²) in [5.41, 5.74) is 12.3. The number of nitrogens with one attached hydrogen (secondary N) is 2. The first kappa shape index (κ1) is 32.5. The standard InChI is InChI=1S/C30H48N4O5/c1-6-22(4)20-34(30(37)23(5)31)32-28(35)26(19-21(2)3)25(16-12-15-24-13-8-7-9-14-24)29(36)33-39-27-17-10-11-18-38-27/h7-9,12-15,21-23,25-27H,6,10-11,16-20,31H2,1-5H3,(H,32,35)(H,33,36)/t22-,23+,25-,26+,27?/m0/s1. The van der Waals surface area contributed by atoms with Gasteiger partial charge in [-0.1, -0.05) is 76.6 Å². The first-order chi connectivity index (χ1) is 18.6. The highest BCUT2D eigenvalue weighted by Crippen LogP contribution is 2.26. The summed E-state index contributed by atoms with van der Waals surface area (Å²) in [5, 5.41) is 1.32. The van der Waals surface area contributed by atoms with Gasteiger partial charge >= 0.3 is 0 Å². The fourth-order valence-electron chi connectivity index (χ4n) is 4.43. The summed E-state index contributed by atoms with van der Waals surface area (Å²) in [5.74, 6) is -2.29. The molecular formula is C30H48N4O5. The predicted octanol–water partition coefficient (Wildman–Crippen LogP) is 4.20. The van der Waals surface area contributed by atoms with Crippen molar-refractivity contribution in [2.45, 2.75) is 85.5 Å². The summed E-state index contributed by atoms with van der Waals surface area (Å²) in [7, 11) is 0. The molecule has 9 heteroatoms. The average Bonchev–Trinajstić information content (AvgIpc) is 2.93. The second kappa shape index (κ2) is 17.0. The summed E-state index contributed by atoms with van der Waals surface area (Å²) < 4.78 is 5.58. The Hall–Kier alpha value is -2.75. The lowest BCUT2D eigenvalue weighted by molar-refractivity contribution is -0.203. The Morgan fingerprint density at radius 1 is 1.10 bits per heavy atom. The fraction of sp³-hybridized carbons (Fsp3) is 0.633. The van der Waals surface area contributed by atoms with E-state index in [0.717, 1.165) is 24.8 Å². The maximum atomic E-state index is 13.8. The molecule has 4 N–H and O–H groups in total. The van der Waals surface area contributed by atoms with Crippen LogP contribution in [0.25, 0.3) is 6.08 Å². The normalized spacial score (nSPS) is 18.8. The van der Waals surface area contributed by atoms with Crippen molar-refractivity contribution in [1.82, 2.24) is 15.9 Å². The predicted molar refractivity (Wildman–Crippen MR) is 152 cm³/mol. The average molecular weight is 545 g/mol. The van der Waals surface area contributed by atoms with Crippen LogP contribution in [0.15, 0.2) is 36.4 Å². The van der Waals surface area contributed by atoms with Crippen molar-refractivity contribution in [2.24, 2.45) is 29.4 Å². The van der Waals surface area contributed by atoms with Crippen molar-refractivity contribution in [2.75, 3.05) is 13.2 Å². The zero-order valence-electron chi connectivity index (χ0n) is 24.2. The molecule has 1 saturated heterocycles. The third kappa shape index (κ3) is 11.5. The van der Waals surface area contributed by atoms with E-state index in [1.807, 2.05) is 70.2 Å². The van der Waals surface area contributed by atoms with Crippen molar-refractivity contribution in [1.29, 1.82) is 0 Å². The number of carbonyl (C=O) groups is 3. The molecule has 9 nitrogen and oxygen atoms in total. The third-order valence-corrected chi connectivity index (χ3v) is 6.91. The lowest BCUT2D eigenvalue weighted by atomic mass is 9.82. The summed E-state index contributed by atoms with van der Waals surface area (Å²) >= 11 is 0. The highest BCUT2D eigenvalue weighted by Gasteiger charge is 2.36. The first-order valence-electron chi connectivity index (χ1n) is 14.3. The van der Waals surface area contributed by atoms with Crippen LogP contribution < -0.4 is 16.6 Å². The quantitative estimate of drug-likeness (QED) is 0.302. The summed E-state index contributed by atoms with van der Waals surface area (Å²) in [4.78, 5) is 45.7. The van der Waals surface area contributed by atoms with Crippen LogP contribution in [0.4, 0.5) is 0 Å². The number of hydrazine groups is 1. The number of hydrogen-bond donors (Lipinski definition) is 3. The molecule has 218 valence electrons. The molecule has 2 rings (SSSR count). The minimum atomic E-state index is -0.769. The highest BCUT2D eigenvalue weighted by atomic mass is 16.8. The van der Waals surface area contributed by atoms with Gasteiger partial charge in [0.15, 0.2) is 6.29 Å². The number of benzene rings is 1. The van der Waals surface area contributed by atoms with Crippen LogP contribution in [0.3, 0.4) is 0 Å². The van der Waals surface area contributed by atoms with E-state index in [2.05, 4.69) is 10.9 Å². The number of nitrogens with two attached hydrogens (primary N) is 1. The Balaban J connectivity index is 2.29. The van der Waals surface area contributed by atoms with Gasteiger partial charge in [0, 0.05) is 19.6 Å². The lowest BCUT2D eigenvalue weighted by Gasteiger charge is -2.32. The SMILES string of the molecule is CC[C@H](C)CN(NC(=O)[C@H](CC(C)C)[C@H](CC=Cc1ccccc1)C(=O)NOC1CCCCO1)C(=O)[C@@H](C)N. The van der Waals surface area contributed by atoms with Crippen LogP contribution in [0.1, 0.15) is 78.7 Å². The number of ether oxygens (including phenoxy) is 1. The molecule has 0 radical (unpaired) electrons. The van der Waals surface area contributed by atoms with Crippen LogP contribution in [0, 0.1) is 23.7 Å². The zero-order valence-corrected chi connectivity index (χ0v) is 24.2. The van der Waals surface area contributed by atoms with Gasteiger partial charge in [0.05, 0.1) is 17.9 Å². The van der Waals surface area contributed by atoms with E-state index in [1.54, 1.807) is 6.92 Å². The van der Waals surface area contributed by atoms with E-state index < -0.39 is 30.1 Å². The molecule has 1 aromatic rings. The molecule has 3 amide bonds. The number of allylic oxidation sites excluding steroid dienone is 1. The van der Waals surface area contributed by atoms with Gasteiger partial charge in [0.25, 0.3) is 5.91 Å². The maximum absolute atomic E-state index is 13.8. The van der Waals surface area contributed by atoms with Crippen LogP contribution >= 0.6 is 0 Å². The van der Waals surface area contributed by atoms with Gasteiger partial charge in [0.1, 0.15) is 0 Å². The Morgan fingerprint density at radius 2 is 1.82 bits per heavy atom. The van der Waals surface area contributed by atoms with Crippen LogP contribution in [0.5, 0.6) is 0 Å². The van der Waals surface area contributed by atoms with Gasteiger partial charge < -0.3 is 10.5 Å². The van der Waals surface area contributed by atoms with Crippen molar-refractivity contribution in [3.8, 4) is 0 Å². The van der Waals surface area contributed by atoms with Crippen LogP contribution in [-0.4, -0.2) is 48.2 Å². The Morgan fingerprint density at radius 3 is 2.41 bits per heavy atom. The van der Waals surface area contributed by atoms with Crippen molar-refractivity contribution in [3.63, 3.8) is 0 Å². The molecule has 1 aliphatic heterocycles. The molecule has 0 bridgehead atoms. The molecule has 1 unspecified atom stereocenters. The summed E-state index contributed by atoms with van der Waals surface area (Å²) in [6.45, 7) is 10.6. The molecule has 5 atom stereocenters. The number of carbonyl (C=O) groups excluding carboxylic acids is 3. The van der Waals surface area contributed by atoms with Gasteiger partial charge in [0.2, 0.25) is 11.8 Å². The van der Waals surface area contributed by atoms with E-state index in [9.17, 15) is 14.4 Å². The molecule has 1 aromatic carbocycles. The summed E-state index contributed by atoms with van der Waals surface area (Å²) in [6.07, 6.45) is 7.55. The van der Waals surface area contributed by atoms with Gasteiger partial charge in [-0.25, -0.2) is 10.3 Å². The second-order valence-corrected chi connectivity index (χ2v) is 11.0. The van der Waals surface area contributed by atoms with Crippen molar-refractivity contribution >= 4 is 23.8 Å². The first-order valence-corrected chi connectivity index (χ1v) is 14.3. The number of hydrogen-bond acceptors (Lipinski definition) is 6. The molecule has 0 aromatic heterocycles. The molecule has 0 aliphatic carbocycles. The smallest absolute Gasteiger partial charge is 0.257 e. The molecule has 0 spiro atoms. The van der Waals surface area contributed by atoms with E-state index in [0.29, 0.717) is 32.4 Å². The lowest BCUT2D eigenvalue weighted by Crippen LogP contribution is -2.55. The minimum Gasteiger partial charge on any atom is -0.350 e. The minimum absolute atomic E-state index is 0.129. The van der Waals surface area contributed by atoms with E-state index in [1.165, 1.54) is 5.01 Å². The number of rotatable bonds is 14. The summed E-state index contributed by atoms with van der Waals surface area (Å²) in [6, 6.07) is 9.00. The van der Waals surface area contributed by atoms with E-state index in [-0.39, 0.29) is 23.7 Å². The van der Waals surface area contributed by atoms with Gasteiger partial charge in [-0.2, -0.15) is 0 Å². The van der Waals surface area contributed by atoms with E-state index in [4.69, 9.17) is 15.3 Å². The molecule has 1 fully saturated rings.